The SMILES string of the molecule is CCCCCCCCCCCCCCCOC(=O)CCNC(=O)c1ccc(F)cc1. The summed E-state index contributed by atoms with van der Waals surface area (Å²) in [4.78, 5) is 23.5. The number of rotatable bonds is 18. The van der Waals surface area contributed by atoms with Gasteiger partial charge in [-0.15, -0.1) is 0 Å². The predicted octanol–water partition coefficient (Wildman–Crippen LogP) is 6.58. The van der Waals surface area contributed by atoms with E-state index in [1.54, 1.807) is 0 Å². The molecule has 1 amide bonds. The van der Waals surface area contributed by atoms with Gasteiger partial charge in [0.25, 0.3) is 5.91 Å². The molecule has 0 aliphatic carbocycles. The minimum atomic E-state index is -0.386. The molecule has 30 heavy (non-hydrogen) atoms. The van der Waals surface area contributed by atoms with Gasteiger partial charge in [-0.1, -0.05) is 84.0 Å². The summed E-state index contributed by atoms with van der Waals surface area (Å²) in [5, 5.41) is 2.64. The van der Waals surface area contributed by atoms with Crippen molar-refractivity contribution in [3.8, 4) is 0 Å². The molecule has 0 fully saturated rings. The van der Waals surface area contributed by atoms with Crippen LogP contribution in [0, 0.1) is 5.82 Å². The van der Waals surface area contributed by atoms with Gasteiger partial charge in [-0.25, -0.2) is 4.39 Å². The number of hydrogen-bond donors (Lipinski definition) is 1. The van der Waals surface area contributed by atoms with E-state index in [-0.39, 0.29) is 30.7 Å². The fourth-order valence-corrected chi connectivity index (χ4v) is 3.36. The van der Waals surface area contributed by atoms with E-state index in [0.29, 0.717) is 12.2 Å². The van der Waals surface area contributed by atoms with Gasteiger partial charge in [0.2, 0.25) is 0 Å². The zero-order valence-electron chi connectivity index (χ0n) is 18.7. The first-order valence-corrected chi connectivity index (χ1v) is 11.8. The second-order valence-electron chi connectivity index (χ2n) is 7.98. The molecule has 0 heterocycles. The standard InChI is InChI=1S/C25H40FNO3/c1-2-3-4-5-6-7-8-9-10-11-12-13-14-21-30-24(28)19-20-27-25(29)22-15-17-23(26)18-16-22/h15-18H,2-14,19-21H2,1H3,(H,27,29). The largest absolute Gasteiger partial charge is 0.466 e. The summed E-state index contributed by atoms with van der Waals surface area (Å²) in [6.07, 6.45) is 16.9. The van der Waals surface area contributed by atoms with Crippen LogP contribution in [0.5, 0.6) is 0 Å². The van der Waals surface area contributed by atoms with Crippen LogP contribution in [0.15, 0.2) is 24.3 Å². The summed E-state index contributed by atoms with van der Waals surface area (Å²) in [6.45, 7) is 2.92. The third kappa shape index (κ3) is 14.1. The van der Waals surface area contributed by atoms with Gasteiger partial charge in [-0.2, -0.15) is 0 Å². The Balaban J connectivity index is 1.86. The monoisotopic (exact) mass is 421 g/mol. The van der Waals surface area contributed by atoms with Crippen LogP contribution in [0.2, 0.25) is 0 Å². The maximum Gasteiger partial charge on any atom is 0.307 e. The lowest BCUT2D eigenvalue weighted by atomic mass is 10.0. The highest BCUT2D eigenvalue weighted by Gasteiger charge is 2.07. The Kier molecular flexibility index (Phi) is 15.6. The molecule has 0 radical (unpaired) electrons. The molecule has 0 unspecified atom stereocenters. The number of carbonyl (C=O) groups is 2. The van der Waals surface area contributed by atoms with Crippen molar-refractivity contribution in [2.45, 2.75) is 96.8 Å². The van der Waals surface area contributed by atoms with Crippen molar-refractivity contribution in [2.24, 2.45) is 0 Å². The van der Waals surface area contributed by atoms with Crippen LogP contribution in [0.3, 0.4) is 0 Å². The summed E-state index contributed by atoms with van der Waals surface area (Å²) >= 11 is 0. The van der Waals surface area contributed by atoms with Crippen LogP contribution >= 0.6 is 0 Å². The van der Waals surface area contributed by atoms with Crippen LogP contribution < -0.4 is 5.32 Å². The van der Waals surface area contributed by atoms with Crippen LogP contribution in [-0.2, 0) is 9.53 Å². The Hall–Kier alpha value is -1.91. The van der Waals surface area contributed by atoms with E-state index in [0.717, 1.165) is 12.8 Å². The third-order valence-electron chi connectivity index (χ3n) is 5.23. The highest BCUT2D eigenvalue weighted by molar-refractivity contribution is 5.94. The normalized spacial score (nSPS) is 10.7. The Morgan fingerprint density at radius 3 is 1.83 bits per heavy atom. The van der Waals surface area contributed by atoms with Crippen molar-refractivity contribution in [1.29, 1.82) is 0 Å². The molecular formula is C25H40FNO3. The number of benzene rings is 1. The highest BCUT2D eigenvalue weighted by Crippen LogP contribution is 2.12. The first kappa shape index (κ1) is 26.1. The topological polar surface area (TPSA) is 55.4 Å². The van der Waals surface area contributed by atoms with Gasteiger partial charge in [0, 0.05) is 12.1 Å². The first-order chi connectivity index (χ1) is 14.6. The highest BCUT2D eigenvalue weighted by atomic mass is 19.1. The van der Waals surface area contributed by atoms with Gasteiger partial charge in [-0.05, 0) is 30.7 Å². The molecule has 1 aromatic rings. The number of nitrogens with one attached hydrogen (secondary N) is 1. The maximum absolute atomic E-state index is 12.8. The first-order valence-electron chi connectivity index (χ1n) is 11.8. The molecule has 0 saturated carbocycles. The number of halogens is 1. The summed E-state index contributed by atoms with van der Waals surface area (Å²) in [6, 6.07) is 5.30. The summed E-state index contributed by atoms with van der Waals surface area (Å²) in [5.74, 6) is -1.00. The minimum absolute atomic E-state index is 0.144. The smallest absolute Gasteiger partial charge is 0.307 e. The molecule has 1 rings (SSSR count). The second-order valence-corrected chi connectivity index (χ2v) is 7.98. The number of ether oxygens (including phenoxy) is 1. The van der Waals surface area contributed by atoms with E-state index in [2.05, 4.69) is 12.2 Å². The molecule has 0 bridgehead atoms. The molecule has 0 aliphatic rings. The Bertz CT molecular complexity index is 574. The molecular weight excluding hydrogens is 381 g/mol. The van der Waals surface area contributed by atoms with E-state index in [1.165, 1.54) is 94.9 Å². The van der Waals surface area contributed by atoms with E-state index >= 15 is 0 Å². The maximum atomic E-state index is 12.8. The van der Waals surface area contributed by atoms with Gasteiger partial charge in [0.15, 0.2) is 0 Å². The lowest BCUT2D eigenvalue weighted by Crippen LogP contribution is -2.26. The molecule has 5 heteroatoms. The number of esters is 1. The van der Waals surface area contributed by atoms with E-state index in [4.69, 9.17) is 4.74 Å². The van der Waals surface area contributed by atoms with Crippen LogP contribution in [-0.4, -0.2) is 25.0 Å². The van der Waals surface area contributed by atoms with Crippen LogP contribution in [0.25, 0.3) is 0 Å². The van der Waals surface area contributed by atoms with Gasteiger partial charge in [0.05, 0.1) is 13.0 Å². The predicted molar refractivity (Wildman–Crippen MR) is 120 cm³/mol. The number of amides is 1. The number of unbranched alkanes of at least 4 members (excludes halogenated alkanes) is 12. The van der Waals surface area contributed by atoms with Crippen molar-refractivity contribution < 1.29 is 18.7 Å². The Morgan fingerprint density at radius 1 is 0.800 bits per heavy atom. The third-order valence-corrected chi connectivity index (χ3v) is 5.23. The van der Waals surface area contributed by atoms with Crippen LogP contribution in [0.1, 0.15) is 107 Å². The van der Waals surface area contributed by atoms with Gasteiger partial charge >= 0.3 is 5.97 Å². The number of hydrogen-bond acceptors (Lipinski definition) is 3. The van der Waals surface area contributed by atoms with E-state index < -0.39 is 0 Å². The fraction of sp³-hybridized carbons (Fsp3) is 0.680. The summed E-state index contributed by atoms with van der Waals surface area (Å²) < 4.78 is 18.0. The Morgan fingerprint density at radius 2 is 1.30 bits per heavy atom. The molecule has 0 atom stereocenters. The average Bonchev–Trinajstić information content (AvgIpc) is 2.74. The summed E-state index contributed by atoms with van der Waals surface area (Å²) in [7, 11) is 0. The lowest BCUT2D eigenvalue weighted by Gasteiger charge is -2.07. The molecule has 4 nitrogen and oxygen atoms in total. The van der Waals surface area contributed by atoms with Crippen molar-refractivity contribution in [1.82, 2.24) is 5.32 Å². The molecule has 0 aromatic heterocycles. The van der Waals surface area contributed by atoms with Crippen molar-refractivity contribution in [3.05, 3.63) is 35.6 Å². The van der Waals surface area contributed by atoms with Gasteiger partial charge in [-0.3, -0.25) is 9.59 Å². The van der Waals surface area contributed by atoms with Crippen molar-refractivity contribution in [3.63, 3.8) is 0 Å². The molecule has 1 aromatic carbocycles. The quantitative estimate of drug-likeness (QED) is 0.215. The molecule has 0 saturated heterocycles. The second kappa shape index (κ2) is 17.9. The Labute approximate surface area is 182 Å². The lowest BCUT2D eigenvalue weighted by molar-refractivity contribution is -0.143. The molecule has 1 N–H and O–H groups in total. The van der Waals surface area contributed by atoms with Crippen LogP contribution in [0.4, 0.5) is 4.39 Å². The minimum Gasteiger partial charge on any atom is -0.466 e. The van der Waals surface area contributed by atoms with Gasteiger partial charge < -0.3 is 10.1 Å². The zero-order chi connectivity index (χ0) is 21.9. The fourth-order valence-electron chi connectivity index (χ4n) is 3.36. The van der Waals surface area contributed by atoms with Gasteiger partial charge in [0.1, 0.15) is 5.82 Å². The zero-order valence-corrected chi connectivity index (χ0v) is 18.7. The summed E-state index contributed by atoms with van der Waals surface area (Å²) in [5.41, 5.74) is 0.372. The van der Waals surface area contributed by atoms with E-state index in [1.807, 2.05) is 0 Å². The molecule has 0 spiro atoms. The molecule has 170 valence electrons. The average molecular weight is 422 g/mol. The van der Waals surface area contributed by atoms with Crippen molar-refractivity contribution >= 4 is 11.9 Å². The van der Waals surface area contributed by atoms with E-state index in [9.17, 15) is 14.0 Å². The number of carbonyl (C=O) groups excluding carboxylic acids is 2. The van der Waals surface area contributed by atoms with Crippen molar-refractivity contribution in [2.75, 3.05) is 13.2 Å². The molecule has 0 aliphatic heterocycles.